The van der Waals surface area contributed by atoms with E-state index < -0.39 is 5.82 Å². The van der Waals surface area contributed by atoms with E-state index in [-0.39, 0.29) is 17.0 Å². The standard InChI is InChI=1S/C14H15Cl2FN2O/c1-8-9(2-3-20-8)7-19-13-5-11(17)10(16)4-12(13)18-14(19)6-15/h4-5,8-9H,2-3,6-7H2,1H3. The molecule has 1 aromatic carbocycles. The fraction of sp³-hybridized carbons (Fsp3) is 0.500. The number of nitrogens with zero attached hydrogens (tertiary/aromatic N) is 2. The number of alkyl halides is 1. The summed E-state index contributed by atoms with van der Waals surface area (Å²) in [6.45, 7) is 3.57. The summed E-state index contributed by atoms with van der Waals surface area (Å²) >= 11 is 11.8. The SMILES string of the molecule is CC1OCCC1Cn1c(CCl)nc2cc(Cl)c(F)cc21. The van der Waals surface area contributed by atoms with Crippen LogP contribution in [0.3, 0.4) is 0 Å². The van der Waals surface area contributed by atoms with Gasteiger partial charge in [-0.2, -0.15) is 0 Å². The summed E-state index contributed by atoms with van der Waals surface area (Å²) in [4.78, 5) is 4.44. The molecule has 0 spiro atoms. The van der Waals surface area contributed by atoms with E-state index in [1.54, 1.807) is 6.07 Å². The summed E-state index contributed by atoms with van der Waals surface area (Å²) in [6.07, 6.45) is 1.20. The minimum Gasteiger partial charge on any atom is -0.378 e. The van der Waals surface area contributed by atoms with Gasteiger partial charge in [0.1, 0.15) is 11.6 Å². The fourth-order valence-corrected chi connectivity index (χ4v) is 3.09. The Morgan fingerprint density at radius 3 is 2.95 bits per heavy atom. The molecule has 2 atom stereocenters. The second-order valence-electron chi connectivity index (χ2n) is 5.15. The van der Waals surface area contributed by atoms with Gasteiger partial charge >= 0.3 is 0 Å². The van der Waals surface area contributed by atoms with Gasteiger partial charge in [0.25, 0.3) is 0 Å². The number of hydrogen-bond acceptors (Lipinski definition) is 2. The second-order valence-corrected chi connectivity index (χ2v) is 5.83. The molecule has 2 aromatic rings. The first-order valence-corrected chi connectivity index (χ1v) is 7.53. The number of imidazole rings is 1. The highest BCUT2D eigenvalue weighted by molar-refractivity contribution is 6.31. The van der Waals surface area contributed by atoms with Crippen LogP contribution in [-0.4, -0.2) is 22.3 Å². The quantitative estimate of drug-likeness (QED) is 0.800. The lowest BCUT2D eigenvalue weighted by atomic mass is 10.0. The Hall–Kier alpha value is -0.840. The van der Waals surface area contributed by atoms with Crippen molar-refractivity contribution in [3.8, 4) is 0 Å². The Kier molecular flexibility index (Phi) is 3.89. The molecule has 0 bridgehead atoms. The first-order valence-electron chi connectivity index (χ1n) is 6.62. The van der Waals surface area contributed by atoms with E-state index in [9.17, 15) is 4.39 Å². The lowest BCUT2D eigenvalue weighted by Crippen LogP contribution is -2.19. The zero-order valence-electron chi connectivity index (χ0n) is 11.1. The van der Waals surface area contributed by atoms with Crippen molar-refractivity contribution in [2.45, 2.75) is 31.9 Å². The molecular formula is C14H15Cl2FN2O. The third-order valence-electron chi connectivity index (χ3n) is 3.94. The highest BCUT2D eigenvalue weighted by Crippen LogP contribution is 2.28. The summed E-state index contributed by atoms with van der Waals surface area (Å²) in [7, 11) is 0. The van der Waals surface area contributed by atoms with E-state index in [0.29, 0.717) is 11.4 Å². The third kappa shape index (κ3) is 2.41. The third-order valence-corrected chi connectivity index (χ3v) is 4.47. The van der Waals surface area contributed by atoms with Crippen molar-refractivity contribution >= 4 is 34.2 Å². The molecule has 2 unspecified atom stereocenters. The topological polar surface area (TPSA) is 27.1 Å². The predicted molar refractivity (Wildman–Crippen MR) is 77.8 cm³/mol. The van der Waals surface area contributed by atoms with E-state index >= 15 is 0 Å². The molecule has 1 fully saturated rings. The molecule has 1 aromatic heterocycles. The smallest absolute Gasteiger partial charge is 0.144 e. The van der Waals surface area contributed by atoms with Crippen LogP contribution in [0.15, 0.2) is 12.1 Å². The van der Waals surface area contributed by atoms with Gasteiger partial charge in [-0.3, -0.25) is 0 Å². The lowest BCUT2D eigenvalue weighted by Gasteiger charge is -2.16. The Morgan fingerprint density at radius 2 is 2.30 bits per heavy atom. The molecule has 0 amide bonds. The number of ether oxygens (including phenoxy) is 1. The maximum atomic E-state index is 13.7. The Bertz CT molecular complexity index is 644. The Labute approximate surface area is 126 Å². The highest BCUT2D eigenvalue weighted by Gasteiger charge is 2.26. The predicted octanol–water partition coefficient (Wildman–Crippen LogP) is 3.99. The van der Waals surface area contributed by atoms with Crippen LogP contribution in [0.25, 0.3) is 11.0 Å². The van der Waals surface area contributed by atoms with E-state index in [2.05, 4.69) is 11.9 Å². The highest BCUT2D eigenvalue weighted by atomic mass is 35.5. The van der Waals surface area contributed by atoms with E-state index in [0.717, 1.165) is 30.9 Å². The first-order chi connectivity index (χ1) is 9.60. The van der Waals surface area contributed by atoms with Crippen molar-refractivity contribution in [3.63, 3.8) is 0 Å². The zero-order valence-corrected chi connectivity index (χ0v) is 12.6. The lowest BCUT2D eigenvalue weighted by molar-refractivity contribution is 0.102. The van der Waals surface area contributed by atoms with Crippen LogP contribution >= 0.6 is 23.2 Å². The molecule has 108 valence electrons. The van der Waals surface area contributed by atoms with Crippen molar-refractivity contribution < 1.29 is 9.13 Å². The summed E-state index contributed by atoms with van der Waals surface area (Å²) in [5.41, 5.74) is 1.42. The van der Waals surface area contributed by atoms with Crippen LogP contribution in [0.1, 0.15) is 19.2 Å². The molecular weight excluding hydrogens is 302 g/mol. The summed E-state index contributed by atoms with van der Waals surface area (Å²) in [6, 6.07) is 2.98. The van der Waals surface area contributed by atoms with Gasteiger partial charge in [-0.15, -0.1) is 11.6 Å². The number of fused-ring (bicyclic) bond motifs is 1. The molecule has 1 aliphatic rings. The second kappa shape index (κ2) is 5.51. The largest absolute Gasteiger partial charge is 0.378 e. The molecule has 0 saturated carbocycles. The van der Waals surface area contributed by atoms with Crippen LogP contribution in [0, 0.1) is 11.7 Å². The fourth-order valence-electron chi connectivity index (χ4n) is 2.73. The van der Waals surface area contributed by atoms with Crippen molar-refractivity contribution in [1.82, 2.24) is 9.55 Å². The van der Waals surface area contributed by atoms with Gasteiger partial charge < -0.3 is 9.30 Å². The number of rotatable bonds is 3. The van der Waals surface area contributed by atoms with Gasteiger partial charge in [-0.25, -0.2) is 9.37 Å². The van der Waals surface area contributed by atoms with Crippen LogP contribution in [0.5, 0.6) is 0 Å². The number of aromatic nitrogens is 2. The maximum absolute atomic E-state index is 13.7. The molecule has 0 radical (unpaired) electrons. The molecule has 0 N–H and O–H groups in total. The van der Waals surface area contributed by atoms with Crippen LogP contribution in [0.2, 0.25) is 5.02 Å². The minimum atomic E-state index is -0.433. The van der Waals surface area contributed by atoms with Crippen molar-refractivity contribution in [1.29, 1.82) is 0 Å². The van der Waals surface area contributed by atoms with Crippen LogP contribution in [0.4, 0.5) is 4.39 Å². The number of halogens is 3. The maximum Gasteiger partial charge on any atom is 0.144 e. The monoisotopic (exact) mass is 316 g/mol. The zero-order chi connectivity index (χ0) is 14.3. The number of benzene rings is 1. The molecule has 3 rings (SSSR count). The van der Waals surface area contributed by atoms with E-state index in [4.69, 9.17) is 27.9 Å². The first kappa shape index (κ1) is 14.1. The normalized spacial score (nSPS) is 22.8. The van der Waals surface area contributed by atoms with Gasteiger partial charge in [0.05, 0.1) is 28.0 Å². The van der Waals surface area contributed by atoms with Gasteiger partial charge in [0.2, 0.25) is 0 Å². The molecule has 2 heterocycles. The summed E-state index contributed by atoms with van der Waals surface area (Å²) in [5, 5.41) is 0.0841. The van der Waals surface area contributed by atoms with E-state index in [1.807, 2.05) is 4.57 Å². The molecule has 1 saturated heterocycles. The van der Waals surface area contributed by atoms with Crippen LogP contribution < -0.4 is 0 Å². The van der Waals surface area contributed by atoms with Gasteiger partial charge in [-0.1, -0.05) is 11.6 Å². The van der Waals surface area contributed by atoms with Crippen molar-refractivity contribution in [2.75, 3.05) is 6.61 Å². The van der Waals surface area contributed by atoms with Crippen molar-refractivity contribution in [3.05, 3.63) is 28.8 Å². The van der Waals surface area contributed by atoms with Crippen LogP contribution in [-0.2, 0) is 17.2 Å². The van der Waals surface area contributed by atoms with Crippen molar-refractivity contribution in [2.24, 2.45) is 5.92 Å². The van der Waals surface area contributed by atoms with Gasteiger partial charge in [-0.05, 0) is 19.4 Å². The number of hydrogen-bond donors (Lipinski definition) is 0. The van der Waals surface area contributed by atoms with Gasteiger partial charge in [0.15, 0.2) is 0 Å². The minimum absolute atomic E-state index is 0.0841. The molecule has 6 heteroatoms. The average molecular weight is 317 g/mol. The summed E-state index contributed by atoms with van der Waals surface area (Å²) in [5.74, 6) is 0.989. The Balaban J connectivity index is 2.05. The molecule has 3 nitrogen and oxygen atoms in total. The van der Waals surface area contributed by atoms with E-state index in [1.165, 1.54) is 6.07 Å². The molecule has 1 aliphatic heterocycles. The molecule has 20 heavy (non-hydrogen) atoms. The Morgan fingerprint density at radius 1 is 1.50 bits per heavy atom. The average Bonchev–Trinajstić information content (AvgIpc) is 2.96. The molecule has 0 aliphatic carbocycles. The summed E-state index contributed by atoms with van der Waals surface area (Å²) < 4.78 is 21.3. The van der Waals surface area contributed by atoms with Gasteiger partial charge in [0, 0.05) is 25.1 Å².